The molecule has 0 aliphatic rings. The second kappa shape index (κ2) is 8.02. The summed E-state index contributed by atoms with van der Waals surface area (Å²) in [5, 5.41) is 0.859. The molecule has 0 aliphatic heterocycles. The largest absolute Gasteiger partial charge is 0.302 e. The molecular weight excluding hydrogens is 250 g/mol. The van der Waals surface area contributed by atoms with Crippen LogP contribution in [0.15, 0.2) is 24.3 Å². The minimum absolute atomic E-state index is 0.677. The van der Waals surface area contributed by atoms with Crippen LogP contribution < -0.4 is 0 Å². The number of hydrogen-bond acceptors (Lipinski definition) is 2. The van der Waals surface area contributed by atoms with Crippen LogP contribution in [-0.2, 0) is 6.54 Å². The van der Waals surface area contributed by atoms with Gasteiger partial charge in [0.1, 0.15) is 0 Å². The molecule has 1 aromatic carbocycles. The van der Waals surface area contributed by atoms with E-state index in [2.05, 4.69) is 37.6 Å². The lowest BCUT2D eigenvalue weighted by molar-refractivity contribution is 0.273. The maximum atomic E-state index is 6.16. The molecule has 3 heteroatoms. The van der Waals surface area contributed by atoms with E-state index in [4.69, 9.17) is 11.6 Å². The Balaban J connectivity index is 2.49. The zero-order valence-corrected chi connectivity index (χ0v) is 12.3. The second-order valence-corrected chi connectivity index (χ2v) is 5.40. The highest BCUT2D eigenvalue weighted by Crippen LogP contribution is 2.18. The molecule has 0 saturated carbocycles. The van der Waals surface area contributed by atoms with Crippen LogP contribution in [0.4, 0.5) is 0 Å². The number of rotatable bonds is 7. The normalized spacial score (nSPS) is 13.0. The van der Waals surface area contributed by atoms with Gasteiger partial charge in [0.05, 0.1) is 0 Å². The quantitative estimate of drug-likeness (QED) is 0.730. The van der Waals surface area contributed by atoms with Crippen LogP contribution in [-0.4, -0.2) is 24.2 Å². The highest BCUT2D eigenvalue weighted by atomic mass is 35.5. The molecular formula is C14H22ClNS. The molecule has 0 bridgehead atoms. The fourth-order valence-electron chi connectivity index (χ4n) is 2.07. The molecule has 0 aromatic heterocycles. The van der Waals surface area contributed by atoms with E-state index in [1.807, 2.05) is 18.2 Å². The fraction of sp³-hybridized carbons (Fsp3) is 0.571. The predicted octanol–water partition coefficient (Wildman–Crippen LogP) is 4.12. The van der Waals surface area contributed by atoms with Crippen molar-refractivity contribution >= 4 is 24.2 Å². The lowest BCUT2D eigenvalue weighted by Crippen LogP contribution is -2.26. The van der Waals surface area contributed by atoms with Crippen molar-refractivity contribution in [3.8, 4) is 0 Å². The number of nitrogens with zero attached hydrogens (tertiary/aromatic N) is 1. The standard InChI is InChI=1S/C14H22ClNS/c1-3-6-12(11-17)9-16(2)10-13-7-4-5-8-14(13)15/h4-5,7-8,12,17H,3,6,9-11H2,1-2H3. The summed E-state index contributed by atoms with van der Waals surface area (Å²) in [5.74, 6) is 1.64. The topological polar surface area (TPSA) is 3.24 Å². The van der Waals surface area contributed by atoms with Crippen molar-refractivity contribution < 1.29 is 0 Å². The monoisotopic (exact) mass is 271 g/mol. The Labute approximate surface area is 116 Å². The minimum Gasteiger partial charge on any atom is -0.302 e. The minimum atomic E-state index is 0.677. The van der Waals surface area contributed by atoms with Crippen LogP contribution in [0.25, 0.3) is 0 Å². The van der Waals surface area contributed by atoms with Crippen molar-refractivity contribution in [1.82, 2.24) is 4.90 Å². The van der Waals surface area contributed by atoms with Crippen molar-refractivity contribution in [2.45, 2.75) is 26.3 Å². The van der Waals surface area contributed by atoms with Crippen molar-refractivity contribution in [3.05, 3.63) is 34.9 Å². The second-order valence-electron chi connectivity index (χ2n) is 4.63. The summed E-state index contributed by atoms with van der Waals surface area (Å²) >= 11 is 10.6. The molecule has 17 heavy (non-hydrogen) atoms. The Hall–Kier alpha value is -0.180. The van der Waals surface area contributed by atoms with Gasteiger partial charge in [-0.3, -0.25) is 0 Å². The van der Waals surface area contributed by atoms with Crippen LogP contribution in [0.2, 0.25) is 5.02 Å². The van der Waals surface area contributed by atoms with Crippen LogP contribution in [0.3, 0.4) is 0 Å². The van der Waals surface area contributed by atoms with Gasteiger partial charge in [0, 0.05) is 18.1 Å². The van der Waals surface area contributed by atoms with Gasteiger partial charge in [-0.25, -0.2) is 0 Å². The van der Waals surface area contributed by atoms with Crippen molar-refractivity contribution in [3.63, 3.8) is 0 Å². The van der Waals surface area contributed by atoms with Gasteiger partial charge in [-0.15, -0.1) is 0 Å². The van der Waals surface area contributed by atoms with Gasteiger partial charge in [0.25, 0.3) is 0 Å². The van der Waals surface area contributed by atoms with E-state index in [-0.39, 0.29) is 0 Å². The SMILES string of the molecule is CCCC(CS)CN(C)Cc1ccccc1Cl. The first-order valence-corrected chi connectivity index (χ1v) is 7.21. The Kier molecular flexibility index (Phi) is 7.02. The molecule has 0 amide bonds. The van der Waals surface area contributed by atoms with Crippen LogP contribution in [0, 0.1) is 5.92 Å². The van der Waals surface area contributed by atoms with Gasteiger partial charge in [0.2, 0.25) is 0 Å². The van der Waals surface area contributed by atoms with Gasteiger partial charge < -0.3 is 4.90 Å². The molecule has 0 heterocycles. The van der Waals surface area contributed by atoms with Gasteiger partial charge >= 0.3 is 0 Å². The predicted molar refractivity (Wildman–Crippen MR) is 80.0 cm³/mol. The van der Waals surface area contributed by atoms with Crippen LogP contribution >= 0.6 is 24.2 Å². The number of hydrogen-bond donors (Lipinski definition) is 1. The highest BCUT2D eigenvalue weighted by molar-refractivity contribution is 7.80. The average Bonchev–Trinajstić information content (AvgIpc) is 2.31. The summed E-state index contributed by atoms with van der Waals surface area (Å²) in [4.78, 5) is 2.33. The molecule has 1 nitrogen and oxygen atoms in total. The fourth-order valence-corrected chi connectivity index (χ4v) is 2.56. The first-order chi connectivity index (χ1) is 8.17. The Morgan fingerprint density at radius 1 is 1.35 bits per heavy atom. The molecule has 0 N–H and O–H groups in total. The molecule has 0 spiro atoms. The summed E-state index contributed by atoms with van der Waals surface area (Å²) in [7, 11) is 2.15. The molecule has 96 valence electrons. The smallest absolute Gasteiger partial charge is 0.0451 e. The zero-order chi connectivity index (χ0) is 12.7. The molecule has 0 radical (unpaired) electrons. The maximum Gasteiger partial charge on any atom is 0.0451 e. The van der Waals surface area contributed by atoms with E-state index in [1.165, 1.54) is 18.4 Å². The van der Waals surface area contributed by atoms with Gasteiger partial charge in [-0.1, -0.05) is 43.1 Å². The molecule has 0 aliphatic carbocycles. The molecule has 0 saturated heterocycles. The van der Waals surface area contributed by atoms with Gasteiger partial charge in [-0.2, -0.15) is 12.6 Å². The first-order valence-electron chi connectivity index (χ1n) is 6.20. The van der Waals surface area contributed by atoms with Crippen LogP contribution in [0.1, 0.15) is 25.3 Å². The van der Waals surface area contributed by atoms with Gasteiger partial charge in [0.15, 0.2) is 0 Å². The van der Waals surface area contributed by atoms with Gasteiger partial charge in [-0.05, 0) is 36.8 Å². The highest BCUT2D eigenvalue weighted by Gasteiger charge is 2.10. The third-order valence-electron chi connectivity index (χ3n) is 2.92. The van der Waals surface area contributed by atoms with Crippen molar-refractivity contribution in [2.75, 3.05) is 19.3 Å². The van der Waals surface area contributed by atoms with Crippen molar-refractivity contribution in [1.29, 1.82) is 0 Å². The zero-order valence-electron chi connectivity index (χ0n) is 10.7. The third-order valence-corrected chi connectivity index (χ3v) is 3.81. The van der Waals surface area contributed by atoms with E-state index in [1.54, 1.807) is 0 Å². The Bertz CT molecular complexity index is 330. The summed E-state index contributed by atoms with van der Waals surface area (Å²) in [6.45, 7) is 4.22. The average molecular weight is 272 g/mol. The van der Waals surface area contributed by atoms with E-state index in [0.717, 1.165) is 23.9 Å². The Morgan fingerprint density at radius 3 is 2.65 bits per heavy atom. The maximum absolute atomic E-state index is 6.16. The molecule has 1 aromatic rings. The third kappa shape index (κ3) is 5.33. The Morgan fingerprint density at radius 2 is 2.06 bits per heavy atom. The lowest BCUT2D eigenvalue weighted by atomic mass is 10.1. The summed E-state index contributed by atoms with van der Waals surface area (Å²) < 4.78 is 0. The summed E-state index contributed by atoms with van der Waals surface area (Å²) in [5.41, 5.74) is 1.20. The molecule has 1 unspecified atom stereocenters. The van der Waals surface area contributed by atoms with Crippen LogP contribution in [0.5, 0.6) is 0 Å². The van der Waals surface area contributed by atoms with E-state index < -0.39 is 0 Å². The first kappa shape index (κ1) is 14.9. The number of benzene rings is 1. The molecule has 1 rings (SSSR count). The van der Waals surface area contributed by atoms with Crippen molar-refractivity contribution in [2.24, 2.45) is 5.92 Å². The van der Waals surface area contributed by atoms with E-state index in [0.29, 0.717) is 5.92 Å². The molecule has 0 fully saturated rings. The lowest BCUT2D eigenvalue weighted by Gasteiger charge is -2.23. The number of thiol groups is 1. The van der Waals surface area contributed by atoms with E-state index >= 15 is 0 Å². The summed E-state index contributed by atoms with van der Waals surface area (Å²) in [6.07, 6.45) is 2.47. The number of halogens is 1. The molecule has 1 atom stereocenters. The summed E-state index contributed by atoms with van der Waals surface area (Å²) in [6, 6.07) is 8.05. The van der Waals surface area contributed by atoms with E-state index in [9.17, 15) is 0 Å².